The lowest BCUT2D eigenvalue weighted by Crippen LogP contribution is -2.45. The van der Waals surface area contributed by atoms with E-state index in [0.29, 0.717) is 11.0 Å². The Morgan fingerprint density at radius 1 is 1.78 bits per heavy atom. The van der Waals surface area contributed by atoms with Gasteiger partial charge in [0.05, 0.1) is 17.1 Å². The van der Waals surface area contributed by atoms with E-state index in [-0.39, 0.29) is 17.1 Å². The Kier molecular flexibility index (Phi) is 3.82. The van der Waals surface area contributed by atoms with E-state index in [4.69, 9.17) is 0 Å². The van der Waals surface area contributed by atoms with Crippen molar-refractivity contribution in [3.05, 3.63) is 16.3 Å². The molecule has 0 radical (unpaired) electrons. The molecule has 1 heterocycles. The first-order chi connectivity index (χ1) is 8.54. The highest BCUT2D eigenvalue weighted by Crippen LogP contribution is 2.36. The third-order valence-corrected chi connectivity index (χ3v) is 4.30. The van der Waals surface area contributed by atoms with Crippen LogP contribution in [0.3, 0.4) is 0 Å². The van der Waals surface area contributed by atoms with Crippen molar-refractivity contribution in [3.63, 3.8) is 0 Å². The van der Waals surface area contributed by atoms with Crippen molar-refractivity contribution in [1.82, 2.24) is 4.98 Å². The van der Waals surface area contributed by atoms with Gasteiger partial charge in [-0.05, 0) is 30.1 Å². The second-order valence-corrected chi connectivity index (χ2v) is 6.03. The smallest absolute Gasteiger partial charge is 0.345 e. The van der Waals surface area contributed by atoms with Crippen LogP contribution in [0, 0.1) is 16.0 Å². The molecule has 2 atom stereocenters. The van der Waals surface area contributed by atoms with E-state index < -0.39 is 4.92 Å². The van der Waals surface area contributed by atoms with Gasteiger partial charge in [-0.3, -0.25) is 10.1 Å². The van der Waals surface area contributed by atoms with Crippen LogP contribution < -0.4 is 5.32 Å². The van der Waals surface area contributed by atoms with E-state index in [1.54, 1.807) is 0 Å². The van der Waals surface area contributed by atoms with Crippen LogP contribution in [0.25, 0.3) is 0 Å². The normalized spacial score (nSPS) is 28.0. The van der Waals surface area contributed by atoms with Crippen molar-refractivity contribution in [1.29, 1.82) is 0 Å². The molecule has 0 amide bonds. The third-order valence-electron chi connectivity index (χ3n) is 3.44. The first-order valence-electron chi connectivity index (χ1n) is 6.04. The largest absolute Gasteiger partial charge is 0.394 e. The molecule has 1 saturated carbocycles. The fourth-order valence-electron chi connectivity index (χ4n) is 2.59. The average molecular weight is 271 g/mol. The maximum absolute atomic E-state index is 10.6. The summed E-state index contributed by atoms with van der Waals surface area (Å²) in [4.78, 5) is 14.2. The predicted octanol–water partition coefficient (Wildman–Crippen LogP) is 2.40. The molecule has 2 unspecified atom stereocenters. The molecule has 0 saturated heterocycles. The first kappa shape index (κ1) is 13.2. The molecule has 7 heteroatoms. The maximum atomic E-state index is 10.6. The Bertz CT molecular complexity index is 437. The molecule has 1 fully saturated rings. The molecule has 1 aromatic rings. The number of hydrogen-bond acceptors (Lipinski definition) is 6. The molecule has 100 valence electrons. The van der Waals surface area contributed by atoms with Crippen molar-refractivity contribution in [2.75, 3.05) is 11.9 Å². The summed E-state index contributed by atoms with van der Waals surface area (Å²) in [5, 5.41) is 24.0. The van der Waals surface area contributed by atoms with Gasteiger partial charge in [0.2, 0.25) is 0 Å². The van der Waals surface area contributed by atoms with Gasteiger partial charge in [-0.15, -0.1) is 0 Å². The van der Waals surface area contributed by atoms with Crippen molar-refractivity contribution in [3.8, 4) is 0 Å². The van der Waals surface area contributed by atoms with Gasteiger partial charge in [-0.25, -0.2) is 4.98 Å². The third kappa shape index (κ3) is 2.78. The topological polar surface area (TPSA) is 88.3 Å². The quantitative estimate of drug-likeness (QED) is 0.648. The van der Waals surface area contributed by atoms with Crippen LogP contribution in [0.4, 0.5) is 10.1 Å². The van der Waals surface area contributed by atoms with Gasteiger partial charge in [0.25, 0.3) is 0 Å². The van der Waals surface area contributed by atoms with E-state index in [0.717, 1.165) is 30.6 Å². The molecule has 2 rings (SSSR count). The number of aliphatic hydroxyl groups is 1. The monoisotopic (exact) mass is 271 g/mol. The zero-order chi connectivity index (χ0) is 13.2. The highest BCUT2D eigenvalue weighted by molar-refractivity contribution is 7.18. The molecular weight excluding hydrogens is 254 g/mol. The Balaban J connectivity index is 2.11. The van der Waals surface area contributed by atoms with Crippen LogP contribution in [0.5, 0.6) is 0 Å². The van der Waals surface area contributed by atoms with Gasteiger partial charge in [-0.2, -0.15) is 0 Å². The van der Waals surface area contributed by atoms with E-state index in [2.05, 4.69) is 17.2 Å². The summed E-state index contributed by atoms with van der Waals surface area (Å²) in [5.41, 5.74) is -0.372. The maximum Gasteiger partial charge on any atom is 0.345 e. The lowest BCUT2D eigenvalue weighted by atomic mass is 9.77. The summed E-state index contributed by atoms with van der Waals surface area (Å²) in [7, 11) is 0. The zero-order valence-electron chi connectivity index (χ0n) is 10.3. The molecule has 1 aromatic heterocycles. The van der Waals surface area contributed by atoms with Crippen LogP contribution in [0.15, 0.2) is 6.20 Å². The van der Waals surface area contributed by atoms with Crippen LogP contribution in [-0.4, -0.2) is 27.2 Å². The summed E-state index contributed by atoms with van der Waals surface area (Å²) in [6.07, 6.45) is 5.23. The van der Waals surface area contributed by atoms with E-state index in [1.165, 1.54) is 12.6 Å². The number of rotatable bonds is 4. The van der Waals surface area contributed by atoms with Crippen molar-refractivity contribution >= 4 is 21.5 Å². The van der Waals surface area contributed by atoms with E-state index >= 15 is 0 Å². The van der Waals surface area contributed by atoms with Crippen LogP contribution in [0.2, 0.25) is 0 Å². The molecule has 6 nitrogen and oxygen atoms in total. The van der Waals surface area contributed by atoms with Crippen molar-refractivity contribution < 1.29 is 10.0 Å². The second-order valence-electron chi connectivity index (χ2n) is 5.03. The second kappa shape index (κ2) is 5.19. The number of nitrogens with zero attached hydrogens (tertiary/aromatic N) is 2. The minimum Gasteiger partial charge on any atom is -0.394 e. The number of nitro groups is 1. The molecule has 0 aromatic carbocycles. The number of nitrogens with one attached hydrogen (secondary N) is 1. The van der Waals surface area contributed by atoms with E-state index in [9.17, 15) is 15.2 Å². The van der Waals surface area contributed by atoms with E-state index in [1.807, 2.05) is 0 Å². The predicted molar refractivity (Wildman–Crippen MR) is 69.8 cm³/mol. The van der Waals surface area contributed by atoms with Gasteiger partial charge < -0.3 is 10.4 Å². The average Bonchev–Trinajstić information content (AvgIpc) is 2.77. The summed E-state index contributed by atoms with van der Waals surface area (Å²) in [5.74, 6) is 0.549. The lowest BCUT2D eigenvalue weighted by Gasteiger charge is -2.39. The molecule has 18 heavy (non-hydrogen) atoms. The van der Waals surface area contributed by atoms with Gasteiger partial charge in [0, 0.05) is 0 Å². The highest BCUT2D eigenvalue weighted by atomic mass is 32.1. The standard InChI is InChI=1S/C11H17N3O3S/c1-8-3-2-4-11(5-8,7-15)13-10-12-6-9(18-10)14(16)17/h6,8,15H,2-5,7H2,1H3,(H,12,13). The summed E-state index contributed by atoms with van der Waals surface area (Å²) < 4.78 is 0. The number of aromatic nitrogens is 1. The summed E-state index contributed by atoms with van der Waals surface area (Å²) >= 11 is 1.02. The highest BCUT2D eigenvalue weighted by Gasteiger charge is 2.35. The Morgan fingerprint density at radius 2 is 2.56 bits per heavy atom. The number of aliphatic hydroxyl groups excluding tert-OH is 1. The lowest BCUT2D eigenvalue weighted by molar-refractivity contribution is -0.380. The minimum atomic E-state index is -0.446. The SMILES string of the molecule is CC1CCCC(CO)(Nc2ncc([N+](=O)[O-])s2)C1. The fourth-order valence-corrected chi connectivity index (χ4v) is 3.34. The molecule has 0 bridgehead atoms. The van der Waals surface area contributed by atoms with Crippen molar-refractivity contribution in [2.45, 2.75) is 38.1 Å². The fraction of sp³-hybridized carbons (Fsp3) is 0.727. The van der Waals surface area contributed by atoms with Crippen molar-refractivity contribution in [2.24, 2.45) is 5.92 Å². The number of thiazole rings is 1. The minimum absolute atomic E-state index is 0.0226. The van der Waals surface area contributed by atoms with Gasteiger partial charge in [-0.1, -0.05) is 19.8 Å². The molecular formula is C11H17N3O3S. The zero-order valence-corrected chi connectivity index (χ0v) is 11.1. The summed E-state index contributed by atoms with van der Waals surface area (Å²) in [6, 6.07) is 0. The van der Waals surface area contributed by atoms with Crippen LogP contribution in [0.1, 0.15) is 32.6 Å². The van der Waals surface area contributed by atoms with Gasteiger partial charge in [0.1, 0.15) is 6.20 Å². The molecule has 1 aliphatic carbocycles. The van der Waals surface area contributed by atoms with Gasteiger partial charge >= 0.3 is 5.00 Å². The molecule has 1 aliphatic rings. The van der Waals surface area contributed by atoms with Crippen LogP contribution in [-0.2, 0) is 0 Å². The Hall–Kier alpha value is -1.21. The Labute approximate surface area is 109 Å². The number of anilines is 1. The van der Waals surface area contributed by atoms with Gasteiger partial charge in [0.15, 0.2) is 5.13 Å². The molecule has 2 N–H and O–H groups in total. The summed E-state index contributed by atoms with van der Waals surface area (Å²) in [6.45, 7) is 2.19. The van der Waals surface area contributed by atoms with Crippen LogP contribution >= 0.6 is 11.3 Å². The molecule has 0 aliphatic heterocycles. The molecule has 0 spiro atoms. The Morgan fingerprint density at radius 3 is 3.11 bits per heavy atom. The first-order valence-corrected chi connectivity index (χ1v) is 6.85. The number of hydrogen-bond donors (Lipinski definition) is 2.